The molecule has 0 radical (unpaired) electrons. The summed E-state index contributed by atoms with van der Waals surface area (Å²) >= 11 is 0. The van der Waals surface area contributed by atoms with Gasteiger partial charge in [0.05, 0.1) is 11.5 Å². The van der Waals surface area contributed by atoms with Crippen LogP contribution in [0.3, 0.4) is 0 Å². The molecule has 2 aromatic rings. The first-order valence-corrected chi connectivity index (χ1v) is 12.4. The van der Waals surface area contributed by atoms with E-state index >= 15 is 0 Å². The van der Waals surface area contributed by atoms with Gasteiger partial charge in [0.15, 0.2) is 0 Å². The average Bonchev–Trinajstić information content (AvgIpc) is 3.24. The molecule has 0 atom stereocenters. The standard InChI is InChI=1S/C23H28N4O5S/c1-3-32-19-5-7-20(8-6-19)33(30,31)26-14-12-25(13-15-26)22(28)18-4-9-21(17(2)16-18)27-11-10-24-23(27)29/h4-9,16H,3,10-15H2,1-2H3,(H,24,29). The highest BCUT2D eigenvalue weighted by Crippen LogP contribution is 2.25. The molecule has 0 aliphatic carbocycles. The van der Waals surface area contributed by atoms with Gasteiger partial charge in [0.25, 0.3) is 5.91 Å². The van der Waals surface area contributed by atoms with Gasteiger partial charge in [0.1, 0.15) is 5.75 Å². The molecule has 10 heteroatoms. The van der Waals surface area contributed by atoms with Gasteiger partial charge in [-0.3, -0.25) is 9.69 Å². The highest BCUT2D eigenvalue weighted by molar-refractivity contribution is 7.89. The van der Waals surface area contributed by atoms with Crippen molar-refractivity contribution in [3.8, 4) is 5.75 Å². The molecule has 0 aromatic heterocycles. The predicted molar refractivity (Wildman–Crippen MR) is 124 cm³/mol. The number of hydrogen-bond donors (Lipinski definition) is 1. The summed E-state index contributed by atoms with van der Waals surface area (Å²) in [6, 6.07) is 11.5. The highest BCUT2D eigenvalue weighted by atomic mass is 32.2. The number of piperazine rings is 1. The van der Waals surface area contributed by atoms with E-state index in [1.807, 2.05) is 13.8 Å². The maximum absolute atomic E-state index is 13.0. The summed E-state index contributed by atoms with van der Waals surface area (Å²) in [5.41, 5.74) is 2.15. The Kier molecular flexibility index (Phi) is 6.57. The fourth-order valence-electron chi connectivity index (χ4n) is 4.13. The van der Waals surface area contributed by atoms with Crippen LogP contribution in [0.4, 0.5) is 10.5 Å². The lowest BCUT2D eigenvalue weighted by molar-refractivity contribution is 0.0698. The van der Waals surface area contributed by atoms with E-state index in [4.69, 9.17) is 4.74 Å². The van der Waals surface area contributed by atoms with E-state index in [0.29, 0.717) is 44.1 Å². The van der Waals surface area contributed by atoms with Crippen LogP contribution in [0.25, 0.3) is 0 Å². The number of carbonyl (C=O) groups excluding carboxylic acids is 2. The molecule has 9 nitrogen and oxygen atoms in total. The average molecular weight is 473 g/mol. The van der Waals surface area contributed by atoms with Crippen LogP contribution in [0.5, 0.6) is 5.75 Å². The summed E-state index contributed by atoms with van der Waals surface area (Å²) in [7, 11) is -3.64. The third kappa shape index (κ3) is 4.67. The van der Waals surface area contributed by atoms with Crippen LogP contribution in [0.15, 0.2) is 47.4 Å². The minimum absolute atomic E-state index is 0.137. The summed E-state index contributed by atoms with van der Waals surface area (Å²) in [6.07, 6.45) is 0. The first-order chi connectivity index (χ1) is 15.8. The molecular formula is C23H28N4O5S. The maximum Gasteiger partial charge on any atom is 0.322 e. The van der Waals surface area contributed by atoms with Crippen LogP contribution in [-0.2, 0) is 10.0 Å². The fraction of sp³-hybridized carbons (Fsp3) is 0.391. The predicted octanol–water partition coefficient (Wildman–Crippen LogP) is 2.07. The summed E-state index contributed by atoms with van der Waals surface area (Å²) in [4.78, 5) is 28.5. The van der Waals surface area contributed by atoms with E-state index in [1.165, 1.54) is 4.31 Å². The Morgan fingerprint density at radius 2 is 1.73 bits per heavy atom. The fourth-order valence-corrected chi connectivity index (χ4v) is 5.55. The van der Waals surface area contributed by atoms with Gasteiger partial charge in [-0.2, -0.15) is 4.31 Å². The van der Waals surface area contributed by atoms with E-state index in [0.717, 1.165) is 11.3 Å². The highest BCUT2D eigenvalue weighted by Gasteiger charge is 2.31. The third-order valence-electron chi connectivity index (χ3n) is 5.89. The van der Waals surface area contributed by atoms with E-state index in [-0.39, 0.29) is 29.9 Å². The van der Waals surface area contributed by atoms with E-state index in [9.17, 15) is 18.0 Å². The first-order valence-electron chi connectivity index (χ1n) is 11.0. The lowest BCUT2D eigenvalue weighted by atomic mass is 10.1. The molecular weight excluding hydrogens is 444 g/mol. The van der Waals surface area contributed by atoms with Gasteiger partial charge in [-0.25, -0.2) is 13.2 Å². The second-order valence-corrected chi connectivity index (χ2v) is 9.92. The van der Waals surface area contributed by atoms with E-state index < -0.39 is 10.0 Å². The van der Waals surface area contributed by atoms with Gasteiger partial charge < -0.3 is 15.0 Å². The number of urea groups is 1. The lowest BCUT2D eigenvalue weighted by Crippen LogP contribution is -2.50. The molecule has 2 aliphatic rings. The van der Waals surface area contributed by atoms with Crippen LogP contribution < -0.4 is 15.0 Å². The molecule has 2 heterocycles. The zero-order valence-electron chi connectivity index (χ0n) is 18.8. The Morgan fingerprint density at radius 1 is 1.03 bits per heavy atom. The maximum atomic E-state index is 13.0. The SMILES string of the molecule is CCOc1ccc(S(=O)(=O)N2CCN(C(=O)c3ccc(N4CCNC4=O)c(C)c3)CC2)cc1. The van der Waals surface area contributed by atoms with Crippen molar-refractivity contribution in [2.24, 2.45) is 0 Å². The molecule has 1 N–H and O–H groups in total. The van der Waals surface area contributed by atoms with Gasteiger partial charge in [-0.15, -0.1) is 0 Å². The van der Waals surface area contributed by atoms with Crippen molar-refractivity contribution < 1.29 is 22.7 Å². The van der Waals surface area contributed by atoms with Crippen molar-refractivity contribution in [1.82, 2.24) is 14.5 Å². The quantitative estimate of drug-likeness (QED) is 0.694. The number of hydrogen-bond acceptors (Lipinski definition) is 5. The number of carbonyl (C=O) groups is 2. The number of nitrogens with zero attached hydrogens (tertiary/aromatic N) is 3. The van der Waals surface area contributed by atoms with E-state index in [2.05, 4.69) is 5.32 Å². The van der Waals surface area contributed by atoms with Crippen LogP contribution in [0, 0.1) is 6.92 Å². The van der Waals surface area contributed by atoms with Gasteiger partial charge in [0.2, 0.25) is 10.0 Å². The van der Waals surface area contributed by atoms with Gasteiger partial charge >= 0.3 is 6.03 Å². The Bertz CT molecular complexity index is 1140. The number of ether oxygens (including phenoxy) is 1. The molecule has 2 aromatic carbocycles. The van der Waals surface area contributed by atoms with Crippen molar-refractivity contribution in [1.29, 1.82) is 0 Å². The first kappa shape index (κ1) is 23.1. The van der Waals surface area contributed by atoms with Crippen LogP contribution >= 0.6 is 0 Å². The second kappa shape index (κ2) is 9.40. The largest absolute Gasteiger partial charge is 0.494 e. The Morgan fingerprint density at radius 3 is 2.30 bits per heavy atom. The van der Waals surface area contributed by atoms with Crippen molar-refractivity contribution in [2.45, 2.75) is 18.7 Å². The van der Waals surface area contributed by atoms with Gasteiger partial charge in [-0.05, 0) is 61.9 Å². The minimum atomic E-state index is -3.64. The van der Waals surface area contributed by atoms with Crippen LogP contribution in [0.1, 0.15) is 22.8 Å². The molecule has 4 rings (SSSR count). The van der Waals surface area contributed by atoms with Crippen molar-refractivity contribution in [3.63, 3.8) is 0 Å². The molecule has 176 valence electrons. The second-order valence-electron chi connectivity index (χ2n) is 7.99. The number of nitrogens with one attached hydrogen (secondary N) is 1. The summed E-state index contributed by atoms with van der Waals surface area (Å²) in [5.74, 6) is 0.479. The normalized spacial score (nSPS) is 17.2. The Balaban J connectivity index is 1.40. The Hall–Kier alpha value is -3.11. The van der Waals surface area contributed by atoms with Gasteiger partial charge in [-0.1, -0.05) is 0 Å². The molecule has 2 aliphatic heterocycles. The Labute approximate surface area is 194 Å². The number of aryl methyl sites for hydroxylation is 1. The van der Waals surface area contributed by atoms with Gasteiger partial charge in [0, 0.05) is 50.5 Å². The number of amides is 3. The molecule has 2 saturated heterocycles. The number of anilines is 1. The van der Waals surface area contributed by atoms with Crippen molar-refractivity contribution in [2.75, 3.05) is 50.8 Å². The third-order valence-corrected chi connectivity index (χ3v) is 7.80. The summed E-state index contributed by atoms with van der Waals surface area (Å²) in [6.45, 7) is 6.53. The van der Waals surface area contributed by atoms with Crippen LogP contribution in [-0.4, -0.2) is 75.4 Å². The lowest BCUT2D eigenvalue weighted by Gasteiger charge is -2.34. The summed E-state index contributed by atoms with van der Waals surface area (Å²) in [5, 5.41) is 2.77. The zero-order chi connectivity index (χ0) is 23.6. The number of benzene rings is 2. The monoisotopic (exact) mass is 472 g/mol. The topological polar surface area (TPSA) is 99.3 Å². The van der Waals surface area contributed by atoms with Crippen molar-refractivity contribution in [3.05, 3.63) is 53.6 Å². The molecule has 0 unspecified atom stereocenters. The molecule has 0 saturated carbocycles. The number of rotatable bonds is 6. The molecule has 3 amide bonds. The minimum Gasteiger partial charge on any atom is -0.494 e. The smallest absolute Gasteiger partial charge is 0.322 e. The van der Waals surface area contributed by atoms with Crippen LogP contribution in [0.2, 0.25) is 0 Å². The molecule has 33 heavy (non-hydrogen) atoms. The number of sulfonamides is 1. The van der Waals surface area contributed by atoms with E-state index in [1.54, 1.807) is 52.3 Å². The summed E-state index contributed by atoms with van der Waals surface area (Å²) < 4.78 is 32.7. The molecule has 2 fully saturated rings. The molecule has 0 bridgehead atoms. The zero-order valence-corrected chi connectivity index (χ0v) is 19.6. The molecule has 0 spiro atoms. The van der Waals surface area contributed by atoms with Crippen molar-refractivity contribution >= 4 is 27.6 Å².